The Morgan fingerprint density at radius 1 is 1.00 bits per heavy atom. The molecule has 0 fully saturated rings. The lowest BCUT2D eigenvalue weighted by Gasteiger charge is -2.23. The van der Waals surface area contributed by atoms with Gasteiger partial charge >= 0.3 is 0 Å². The number of benzene rings is 2. The first-order valence-electron chi connectivity index (χ1n) is 7.28. The highest BCUT2D eigenvalue weighted by Gasteiger charge is 2.15. The lowest BCUT2D eigenvalue weighted by Crippen LogP contribution is -2.32. The standard InChI is InChI=1S/C18H23NO/c1-3-17(16-11-7-8-12-18(16)20)19-14(2)13-15-9-5-4-6-10-15/h4-12,14,17,19-20H,3,13H2,1-2H3. The van der Waals surface area contributed by atoms with Crippen LogP contribution in [0.1, 0.15) is 37.4 Å². The van der Waals surface area contributed by atoms with Crippen molar-refractivity contribution in [3.05, 3.63) is 65.7 Å². The van der Waals surface area contributed by atoms with E-state index in [1.165, 1.54) is 5.56 Å². The highest BCUT2D eigenvalue weighted by atomic mass is 16.3. The van der Waals surface area contributed by atoms with E-state index in [9.17, 15) is 5.11 Å². The van der Waals surface area contributed by atoms with Crippen LogP contribution in [0.2, 0.25) is 0 Å². The van der Waals surface area contributed by atoms with Crippen LogP contribution in [0.5, 0.6) is 5.75 Å². The van der Waals surface area contributed by atoms with Crippen LogP contribution in [0.3, 0.4) is 0 Å². The number of hydrogen-bond acceptors (Lipinski definition) is 2. The molecule has 0 saturated heterocycles. The average molecular weight is 269 g/mol. The predicted octanol–water partition coefficient (Wildman–Crippen LogP) is 4.06. The van der Waals surface area contributed by atoms with E-state index in [-0.39, 0.29) is 6.04 Å². The van der Waals surface area contributed by atoms with Gasteiger partial charge in [0.25, 0.3) is 0 Å². The number of hydrogen-bond donors (Lipinski definition) is 2. The van der Waals surface area contributed by atoms with Crippen molar-refractivity contribution in [1.29, 1.82) is 0 Å². The second kappa shape index (κ2) is 7.11. The van der Waals surface area contributed by atoms with Gasteiger partial charge < -0.3 is 10.4 Å². The van der Waals surface area contributed by atoms with Crippen LogP contribution in [0.15, 0.2) is 54.6 Å². The molecule has 0 aliphatic carbocycles. The molecule has 2 N–H and O–H groups in total. The maximum absolute atomic E-state index is 9.97. The molecule has 2 atom stereocenters. The molecular formula is C18H23NO. The smallest absolute Gasteiger partial charge is 0.120 e. The molecule has 0 bridgehead atoms. The summed E-state index contributed by atoms with van der Waals surface area (Å²) >= 11 is 0. The summed E-state index contributed by atoms with van der Waals surface area (Å²) in [5.74, 6) is 0.374. The van der Waals surface area contributed by atoms with Gasteiger partial charge in [-0.25, -0.2) is 0 Å². The van der Waals surface area contributed by atoms with Crippen molar-refractivity contribution < 1.29 is 5.11 Å². The van der Waals surface area contributed by atoms with Crippen LogP contribution in [0.4, 0.5) is 0 Å². The summed E-state index contributed by atoms with van der Waals surface area (Å²) in [7, 11) is 0. The predicted molar refractivity (Wildman–Crippen MR) is 83.9 cm³/mol. The van der Waals surface area contributed by atoms with Crippen LogP contribution in [-0.4, -0.2) is 11.1 Å². The van der Waals surface area contributed by atoms with Crippen molar-refractivity contribution in [3.63, 3.8) is 0 Å². The number of aromatic hydroxyl groups is 1. The summed E-state index contributed by atoms with van der Waals surface area (Å²) in [4.78, 5) is 0. The SMILES string of the molecule is CCC(NC(C)Cc1ccccc1)c1ccccc1O. The van der Waals surface area contributed by atoms with Gasteiger partial charge in [0.15, 0.2) is 0 Å². The third-order valence-corrected chi connectivity index (χ3v) is 3.59. The molecule has 2 aromatic rings. The minimum atomic E-state index is 0.190. The zero-order chi connectivity index (χ0) is 14.4. The van der Waals surface area contributed by atoms with E-state index >= 15 is 0 Å². The van der Waals surface area contributed by atoms with Gasteiger partial charge in [-0.1, -0.05) is 55.5 Å². The Labute approximate surface area is 121 Å². The minimum Gasteiger partial charge on any atom is -0.508 e. The molecule has 0 radical (unpaired) electrons. The summed E-state index contributed by atoms with van der Waals surface area (Å²) in [5, 5.41) is 13.6. The Bertz CT molecular complexity index is 524. The molecule has 2 unspecified atom stereocenters. The Balaban J connectivity index is 2.01. The fourth-order valence-electron chi connectivity index (χ4n) is 2.58. The monoisotopic (exact) mass is 269 g/mol. The average Bonchev–Trinajstić information content (AvgIpc) is 2.46. The second-order valence-electron chi connectivity index (χ2n) is 5.28. The zero-order valence-corrected chi connectivity index (χ0v) is 12.2. The molecule has 2 heteroatoms. The largest absolute Gasteiger partial charge is 0.508 e. The summed E-state index contributed by atoms with van der Waals surface area (Å²) in [6, 6.07) is 18.6. The van der Waals surface area contributed by atoms with Crippen LogP contribution in [-0.2, 0) is 6.42 Å². The Kier molecular flexibility index (Phi) is 5.19. The van der Waals surface area contributed by atoms with E-state index in [1.54, 1.807) is 6.07 Å². The number of para-hydroxylation sites is 1. The van der Waals surface area contributed by atoms with E-state index in [2.05, 4.69) is 43.4 Å². The van der Waals surface area contributed by atoms with E-state index < -0.39 is 0 Å². The maximum Gasteiger partial charge on any atom is 0.120 e. The molecule has 2 rings (SSSR count). The number of phenolic OH excluding ortho intramolecular Hbond substituents is 1. The quantitative estimate of drug-likeness (QED) is 0.828. The first-order valence-corrected chi connectivity index (χ1v) is 7.28. The molecule has 0 spiro atoms. The summed E-state index contributed by atoms with van der Waals surface area (Å²) < 4.78 is 0. The minimum absolute atomic E-state index is 0.190. The van der Waals surface area contributed by atoms with Crippen molar-refractivity contribution in [1.82, 2.24) is 5.32 Å². The first-order chi connectivity index (χ1) is 9.70. The second-order valence-corrected chi connectivity index (χ2v) is 5.28. The van der Waals surface area contributed by atoms with E-state index in [4.69, 9.17) is 0 Å². The molecule has 0 heterocycles. The van der Waals surface area contributed by atoms with Gasteiger partial charge in [0.1, 0.15) is 5.75 Å². The summed E-state index contributed by atoms with van der Waals surface area (Å²) in [6.45, 7) is 4.33. The van der Waals surface area contributed by atoms with Crippen LogP contribution < -0.4 is 5.32 Å². The Hall–Kier alpha value is -1.80. The fraction of sp³-hybridized carbons (Fsp3) is 0.333. The van der Waals surface area contributed by atoms with Crippen molar-refractivity contribution >= 4 is 0 Å². The fourth-order valence-corrected chi connectivity index (χ4v) is 2.58. The van der Waals surface area contributed by atoms with Gasteiger partial charge in [-0.2, -0.15) is 0 Å². The molecule has 0 amide bonds. The topological polar surface area (TPSA) is 32.3 Å². The lowest BCUT2D eigenvalue weighted by atomic mass is 10.0. The lowest BCUT2D eigenvalue weighted by molar-refractivity contribution is 0.413. The maximum atomic E-state index is 9.97. The molecule has 20 heavy (non-hydrogen) atoms. The number of nitrogens with one attached hydrogen (secondary N) is 1. The molecule has 2 nitrogen and oxygen atoms in total. The van der Waals surface area contributed by atoms with Crippen LogP contribution in [0, 0.1) is 0 Å². The van der Waals surface area contributed by atoms with Crippen molar-refractivity contribution in [3.8, 4) is 5.75 Å². The normalized spacial score (nSPS) is 13.9. The van der Waals surface area contributed by atoms with Gasteiger partial charge in [0, 0.05) is 17.6 Å². The zero-order valence-electron chi connectivity index (χ0n) is 12.2. The van der Waals surface area contributed by atoms with Gasteiger partial charge in [-0.3, -0.25) is 0 Å². The molecule has 0 aromatic heterocycles. The Morgan fingerprint density at radius 3 is 2.30 bits per heavy atom. The van der Waals surface area contributed by atoms with E-state index in [0.29, 0.717) is 11.8 Å². The molecular weight excluding hydrogens is 246 g/mol. The molecule has 0 saturated carbocycles. The van der Waals surface area contributed by atoms with Gasteiger partial charge in [-0.05, 0) is 31.4 Å². The van der Waals surface area contributed by atoms with Crippen molar-refractivity contribution in [2.75, 3.05) is 0 Å². The van der Waals surface area contributed by atoms with E-state index in [1.807, 2.05) is 24.3 Å². The van der Waals surface area contributed by atoms with Gasteiger partial charge in [0.05, 0.1) is 0 Å². The van der Waals surface area contributed by atoms with E-state index in [0.717, 1.165) is 18.4 Å². The highest BCUT2D eigenvalue weighted by molar-refractivity contribution is 5.34. The third kappa shape index (κ3) is 3.84. The summed E-state index contributed by atoms with van der Waals surface area (Å²) in [6.07, 6.45) is 1.95. The molecule has 106 valence electrons. The third-order valence-electron chi connectivity index (χ3n) is 3.59. The van der Waals surface area contributed by atoms with Gasteiger partial charge in [-0.15, -0.1) is 0 Å². The highest BCUT2D eigenvalue weighted by Crippen LogP contribution is 2.26. The van der Waals surface area contributed by atoms with Crippen molar-refractivity contribution in [2.45, 2.75) is 38.8 Å². The van der Waals surface area contributed by atoms with Crippen molar-refractivity contribution in [2.24, 2.45) is 0 Å². The number of rotatable bonds is 6. The first kappa shape index (κ1) is 14.6. The summed E-state index contributed by atoms with van der Waals surface area (Å²) in [5.41, 5.74) is 2.31. The number of phenols is 1. The molecule has 0 aliphatic rings. The van der Waals surface area contributed by atoms with Crippen LogP contribution >= 0.6 is 0 Å². The van der Waals surface area contributed by atoms with Gasteiger partial charge in [0.2, 0.25) is 0 Å². The molecule has 0 aliphatic heterocycles. The molecule has 2 aromatic carbocycles. The van der Waals surface area contributed by atoms with Crippen LogP contribution in [0.25, 0.3) is 0 Å². The Morgan fingerprint density at radius 2 is 1.65 bits per heavy atom.